The number of benzene rings is 2. The lowest BCUT2D eigenvalue weighted by Crippen LogP contribution is -2.34. The second-order valence-electron chi connectivity index (χ2n) is 8.40. The number of aromatic nitrogens is 1. The van der Waals surface area contributed by atoms with Gasteiger partial charge in [-0.25, -0.2) is 0 Å². The molecule has 0 aliphatic carbocycles. The first-order valence-corrected chi connectivity index (χ1v) is 13.8. The van der Waals surface area contributed by atoms with Gasteiger partial charge < -0.3 is 23.8 Å². The van der Waals surface area contributed by atoms with Crippen molar-refractivity contribution in [2.24, 2.45) is 0 Å². The maximum Gasteiger partial charge on any atom is 0.242 e. The van der Waals surface area contributed by atoms with E-state index in [0.717, 1.165) is 42.5 Å². The quantitative estimate of drug-likeness (QED) is 0.230. The predicted molar refractivity (Wildman–Crippen MR) is 150 cm³/mol. The lowest BCUT2D eigenvalue weighted by atomic mass is 10.2. The highest BCUT2D eigenvalue weighted by Gasteiger charge is 2.29. The Morgan fingerprint density at radius 1 is 0.944 bits per heavy atom. The molecule has 192 valence electrons. The number of fused-ring (bicyclic) bond motifs is 2. The number of allylic oxidation sites excluding steroid dienone is 3. The van der Waals surface area contributed by atoms with E-state index in [2.05, 4.69) is 72.7 Å². The summed E-state index contributed by atoms with van der Waals surface area (Å²) < 4.78 is 25.6. The molecule has 1 aliphatic rings. The molecule has 8 heteroatoms. The normalized spacial score (nSPS) is 15.6. The molecule has 0 saturated carbocycles. The molecule has 3 aromatic rings. The van der Waals surface area contributed by atoms with Crippen LogP contribution in [0.1, 0.15) is 25.8 Å². The first kappa shape index (κ1) is 26.2. The van der Waals surface area contributed by atoms with Crippen LogP contribution in [-0.2, 0) is 13.0 Å². The van der Waals surface area contributed by atoms with Crippen LogP contribution in [0.15, 0.2) is 53.0 Å². The maximum absolute atomic E-state index is 5.53. The third-order valence-electron chi connectivity index (χ3n) is 6.39. The Balaban J connectivity index is 1.53. The molecule has 0 amide bonds. The van der Waals surface area contributed by atoms with Gasteiger partial charge in [-0.2, -0.15) is 4.57 Å². The molecule has 4 rings (SSSR count). The van der Waals surface area contributed by atoms with Crippen molar-refractivity contribution in [1.29, 1.82) is 0 Å². The van der Waals surface area contributed by atoms with Crippen molar-refractivity contribution >= 4 is 39.0 Å². The molecule has 0 saturated heterocycles. The summed E-state index contributed by atoms with van der Waals surface area (Å²) in [5.74, 6) is 3.06. The van der Waals surface area contributed by atoms with Gasteiger partial charge in [0.15, 0.2) is 23.0 Å². The van der Waals surface area contributed by atoms with Crippen LogP contribution in [0.4, 0.5) is 5.69 Å². The van der Waals surface area contributed by atoms with E-state index in [0.29, 0.717) is 0 Å². The van der Waals surface area contributed by atoms with E-state index in [4.69, 9.17) is 18.9 Å². The average molecular weight is 528 g/mol. The number of hydrogen-bond acceptors (Lipinski definition) is 7. The first-order chi connectivity index (χ1) is 17.5. The smallest absolute Gasteiger partial charge is 0.242 e. The van der Waals surface area contributed by atoms with E-state index < -0.39 is 0 Å². The van der Waals surface area contributed by atoms with Crippen molar-refractivity contribution in [1.82, 2.24) is 0 Å². The van der Waals surface area contributed by atoms with E-state index >= 15 is 0 Å². The van der Waals surface area contributed by atoms with Crippen molar-refractivity contribution in [2.45, 2.75) is 44.0 Å². The van der Waals surface area contributed by atoms with Crippen LogP contribution >= 0.6 is 23.1 Å². The van der Waals surface area contributed by atoms with Crippen LogP contribution in [0.2, 0.25) is 0 Å². The van der Waals surface area contributed by atoms with Gasteiger partial charge in [0.05, 0.1) is 52.0 Å². The number of likely N-dealkylation sites (N-methyl/N-ethyl adjacent to an activating group) is 1. The molecule has 36 heavy (non-hydrogen) atoms. The Labute approximate surface area is 222 Å². The maximum atomic E-state index is 5.53. The Morgan fingerprint density at radius 3 is 2.22 bits per heavy atom. The lowest BCUT2D eigenvalue weighted by molar-refractivity contribution is -0.670. The van der Waals surface area contributed by atoms with Crippen LogP contribution < -0.4 is 28.4 Å². The molecule has 1 aromatic heterocycles. The van der Waals surface area contributed by atoms with Crippen molar-refractivity contribution in [3.8, 4) is 23.0 Å². The fourth-order valence-electron chi connectivity index (χ4n) is 4.50. The summed E-state index contributed by atoms with van der Waals surface area (Å²) in [7, 11) is 6.72. The topological polar surface area (TPSA) is 44.0 Å². The van der Waals surface area contributed by atoms with Crippen LogP contribution in [0.3, 0.4) is 0 Å². The predicted octanol–water partition coefficient (Wildman–Crippen LogP) is 6.25. The van der Waals surface area contributed by atoms with Gasteiger partial charge >= 0.3 is 0 Å². The van der Waals surface area contributed by atoms with Crippen molar-refractivity contribution in [3.05, 3.63) is 53.1 Å². The molecule has 2 heterocycles. The second kappa shape index (κ2) is 11.5. The van der Waals surface area contributed by atoms with Gasteiger partial charge in [0.1, 0.15) is 11.2 Å². The zero-order chi connectivity index (χ0) is 25.8. The highest BCUT2D eigenvalue weighted by Crippen LogP contribution is 2.48. The Bertz CT molecular complexity index is 1300. The fourth-order valence-corrected chi connectivity index (χ4v) is 6.98. The van der Waals surface area contributed by atoms with Crippen molar-refractivity contribution in [3.63, 3.8) is 0 Å². The molecular formula is C28H35N2O4S2+. The number of anilines is 1. The minimum atomic E-state index is 0.231. The van der Waals surface area contributed by atoms with Crippen molar-refractivity contribution in [2.75, 3.05) is 39.9 Å². The Hall–Kier alpha value is -2.84. The zero-order valence-corrected chi connectivity index (χ0v) is 23.7. The lowest BCUT2D eigenvalue weighted by Gasteiger charge is -2.23. The summed E-state index contributed by atoms with van der Waals surface area (Å²) in [6.07, 6.45) is 7.69. The number of aryl methyl sites for hydroxylation is 1. The molecule has 0 spiro atoms. The van der Waals surface area contributed by atoms with E-state index in [1.54, 1.807) is 28.4 Å². The summed E-state index contributed by atoms with van der Waals surface area (Å²) in [5.41, 5.74) is 3.62. The number of thioether (sulfide) groups is 1. The molecule has 1 unspecified atom stereocenters. The largest absolute Gasteiger partial charge is 0.493 e. The molecule has 0 N–H and O–H groups in total. The Morgan fingerprint density at radius 2 is 1.58 bits per heavy atom. The molecule has 6 nitrogen and oxygen atoms in total. The molecule has 1 atom stereocenters. The molecule has 2 aromatic carbocycles. The third-order valence-corrected chi connectivity index (χ3v) is 8.80. The van der Waals surface area contributed by atoms with Gasteiger partial charge in [-0.05, 0) is 26.8 Å². The first-order valence-electron chi connectivity index (χ1n) is 12.1. The average Bonchev–Trinajstić information content (AvgIpc) is 3.44. The number of rotatable bonds is 10. The fraction of sp³-hybridized carbons (Fsp3) is 0.393. The summed E-state index contributed by atoms with van der Waals surface area (Å²) in [5, 5.41) is 1.54. The number of nitrogens with zero attached hydrogens (tertiary/aromatic N) is 2. The summed E-state index contributed by atoms with van der Waals surface area (Å²) in [6, 6.07) is 8.30. The number of methoxy groups -OCH3 is 4. The molecule has 0 fully saturated rings. The molecular weight excluding hydrogens is 492 g/mol. The number of hydrogen-bond donors (Lipinski definition) is 0. The van der Waals surface area contributed by atoms with Gasteiger partial charge in [-0.3, -0.25) is 0 Å². The monoisotopic (exact) mass is 527 g/mol. The van der Waals surface area contributed by atoms with Gasteiger partial charge in [-0.1, -0.05) is 46.9 Å². The summed E-state index contributed by atoms with van der Waals surface area (Å²) in [4.78, 5) is 3.61. The zero-order valence-electron chi connectivity index (χ0n) is 22.1. The van der Waals surface area contributed by atoms with Crippen LogP contribution in [0, 0.1) is 0 Å². The molecule has 1 aliphatic heterocycles. The van der Waals surface area contributed by atoms with Crippen molar-refractivity contribution < 1.29 is 23.5 Å². The van der Waals surface area contributed by atoms with E-state index in [1.807, 2.05) is 23.1 Å². The SMILES string of the molecule is CCN1c2cc(OC)c(OC)cc2SC1C=CC(C)=CCc1sc2cc(OC)c(OC)cc2[n+]1CC. The van der Waals surface area contributed by atoms with E-state index in [-0.39, 0.29) is 5.37 Å². The van der Waals surface area contributed by atoms with E-state index in [1.165, 1.54) is 31.4 Å². The minimum absolute atomic E-state index is 0.231. The standard InChI is InChI=1S/C28H35N2O4S2/c1-8-29-19-14-21(31-4)23(33-6)16-25(19)35-27(29)12-10-18(3)11-13-28-30(9-2)20-15-22(32-5)24(34-7)17-26(20)36-28/h10-12,14-17,27H,8-9,13H2,1-7H3/q+1. The second-order valence-corrected chi connectivity index (χ2v) is 10.7. The molecule has 0 radical (unpaired) electrons. The van der Waals surface area contributed by atoms with E-state index in [9.17, 15) is 0 Å². The minimum Gasteiger partial charge on any atom is -0.493 e. The third kappa shape index (κ3) is 5.02. The van der Waals surface area contributed by atoms with Gasteiger partial charge in [0.25, 0.3) is 0 Å². The highest BCUT2D eigenvalue weighted by atomic mass is 32.2. The highest BCUT2D eigenvalue weighted by molar-refractivity contribution is 8.00. The number of thiazole rings is 1. The van der Waals surface area contributed by atoms with Gasteiger partial charge in [0.2, 0.25) is 10.5 Å². The van der Waals surface area contributed by atoms with Crippen LogP contribution in [0.25, 0.3) is 10.2 Å². The van der Waals surface area contributed by atoms with Gasteiger partial charge in [0, 0.05) is 23.6 Å². The molecule has 0 bridgehead atoms. The Kier molecular flexibility index (Phi) is 8.36. The van der Waals surface area contributed by atoms with Gasteiger partial charge in [-0.15, -0.1) is 0 Å². The van der Waals surface area contributed by atoms with Crippen LogP contribution in [0.5, 0.6) is 23.0 Å². The number of ether oxygens (including phenoxy) is 4. The van der Waals surface area contributed by atoms with Crippen LogP contribution in [-0.4, -0.2) is 40.4 Å². The summed E-state index contributed by atoms with van der Waals surface area (Å²) in [6.45, 7) is 8.36. The summed E-state index contributed by atoms with van der Waals surface area (Å²) >= 11 is 3.65.